The van der Waals surface area contributed by atoms with Crippen molar-refractivity contribution in [2.45, 2.75) is 26.8 Å². The van der Waals surface area contributed by atoms with Crippen LogP contribution in [-0.4, -0.2) is 4.99 Å². The third-order valence-electron chi connectivity index (χ3n) is 3.47. The fraction of sp³-hybridized carbons (Fsp3) is 0.235. The molecule has 0 bridgehead atoms. The number of aryl methyl sites for hydroxylation is 2. The average Bonchev–Trinajstić information content (AvgIpc) is 2.41. The van der Waals surface area contributed by atoms with Gasteiger partial charge in [0.25, 0.3) is 0 Å². The third kappa shape index (κ3) is 3.17. The first-order valence-corrected chi connectivity index (χ1v) is 7.12. The first-order valence-electron chi connectivity index (χ1n) is 6.71. The normalized spacial score (nSPS) is 11.9. The first kappa shape index (κ1) is 14.5. The van der Waals surface area contributed by atoms with E-state index in [9.17, 15) is 0 Å². The molecule has 20 heavy (non-hydrogen) atoms. The summed E-state index contributed by atoms with van der Waals surface area (Å²) in [5, 5.41) is 3.51. The maximum atomic E-state index is 5.82. The number of nitrogens with two attached hydrogens (primary N) is 1. The topological polar surface area (TPSA) is 38.0 Å². The molecule has 0 aliphatic rings. The van der Waals surface area contributed by atoms with E-state index in [1.54, 1.807) is 0 Å². The molecule has 0 heterocycles. The average molecular weight is 284 g/mol. The molecule has 2 aromatic carbocycles. The van der Waals surface area contributed by atoms with Crippen LogP contribution in [0.4, 0.5) is 5.69 Å². The number of hydrogen-bond donors (Lipinski definition) is 2. The summed E-state index contributed by atoms with van der Waals surface area (Å²) in [7, 11) is 0. The highest BCUT2D eigenvalue weighted by molar-refractivity contribution is 7.80. The molecule has 104 valence electrons. The van der Waals surface area contributed by atoms with E-state index in [1.807, 2.05) is 19.1 Å². The smallest absolute Gasteiger partial charge is 0.106 e. The summed E-state index contributed by atoms with van der Waals surface area (Å²) in [5.74, 6) is 0. The van der Waals surface area contributed by atoms with Gasteiger partial charge in [0.2, 0.25) is 0 Å². The zero-order valence-corrected chi connectivity index (χ0v) is 12.9. The van der Waals surface area contributed by atoms with E-state index >= 15 is 0 Å². The van der Waals surface area contributed by atoms with Crippen LogP contribution >= 0.6 is 12.2 Å². The molecule has 2 nitrogen and oxygen atoms in total. The van der Waals surface area contributed by atoms with Crippen LogP contribution < -0.4 is 11.1 Å². The van der Waals surface area contributed by atoms with Gasteiger partial charge in [0.05, 0.1) is 0 Å². The van der Waals surface area contributed by atoms with Crippen molar-refractivity contribution in [2.75, 3.05) is 5.32 Å². The van der Waals surface area contributed by atoms with Crippen LogP contribution in [0, 0.1) is 13.8 Å². The van der Waals surface area contributed by atoms with Crippen LogP contribution in [0.3, 0.4) is 0 Å². The van der Waals surface area contributed by atoms with Gasteiger partial charge in [0, 0.05) is 17.3 Å². The van der Waals surface area contributed by atoms with Crippen LogP contribution in [0.5, 0.6) is 0 Å². The second-order valence-electron chi connectivity index (χ2n) is 5.14. The Balaban J connectivity index is 2.31. The first-order chi connectivity index (χ1) is 9.49. The summed E-state index contributed by atoms with van der Waals surface area (Å²) in [5.41, 5.74) is 11.4. The van der Waals surface area contributed by atoms with E-state index < -0.39 is 0 Å². The molecule has 3 N–H and O–H groups in total. The van der Waals surface area contributed by atoms with Crippen molar-refractivity contribution < 1.29 is 0 Å². The lowest BCUT2D eigenvalue weighted by Gasteiger charge is -2.20. The highest BCUT2D eigenvalue weighted by Crippen LogP contribution is 2.25. The van der Waals surface area contributed by atoms with Crippen molar-refractivity contribution in [3.8, 4) is 0 Å². The molecule has 2 aromatic rings. The summed E-state index contributed by atoms with van der Waals surface area (Å²) in [6, 6.07) is 14.7. The monoisotopic (exact) mass is 284 g/mol. The molecule has 1 atom stereocenters. The molecule has 0 radical (unpaired) electrons. The molecular formula is C17H20N2S. The van der Waals surface area contributed by atoms with E-state index in [0.717, 1.165) is 16.8 Å². The highest BCUT2D eigenvalue weighted by atomic mass is 32.1. The van der Waals surface area contributed by atoms with Crippen molar-refractivity contribution in [1.82, 2.24) is 0 Å². The van der Waals surface area contributed by atoms with E-state index in [-0.39, 0.29) is 6.04 Å². The molecule has 0 fully saturated rings. The second kappa shape index (κ2) is 6.06. The van der Waals surface area contributed by atoms with Gasteiger partial charge in [-0.15, -0.1) is 0 Å². The minimum absolute atomic E-state index is 0.201. The minimum atomic E-state index is 0.201. The Morgan fingerprint density at radius 2 is 1.85 bits per heavy atom. The standard InChI is InChI=1S/C17H20N2S/c1-11-8-9-16(15(10-11)17(18)20)19-13(3)14-7-5-4-6-12(14)2/h4-10,13,19H,1-3H3,(H2,18,20). The number of thiocarbonyl (C=S) groups is 1. The molecule has 2 rings (SSSR count). The molecule has 0 aromatic heterocycles. The van der Waals surface area contributed by atoms with E-state index in [0.29, 0.717) is 4.99 Å². The van der Waals surface area contributed by atoms with Crippen molar-refractivity contribution >= 4 is 22.9 Å². The summed E-state index contributed by atoms with van der Waals surface area (Å²) in [6.45, 7) is 6.30. The SMILES string of the molecule is Cc1ccc(NC(C)c2ccccc2C)c(C(N)=S)c1. The van der Waals surface area contributed by atoms with Gasteiger partial charge in [-0.2, -0.15) is 0 Å². The second-order valence-corrected chi connectivity index (χ2v) is 5.58. The van der Waals surface area contributed by atoms with E-state index in [2.05, 4.69) is 49.5 Å². The van der Waals surface area contributed by atoms with Crippen LogP contribution in [0.1, 0.15) is 35.2 Å². The maximum absolute atomic E-state index is 5.82. The Bertz CT molecular complexity index is 635. The molecule has 0 saturated carbocycles. The Labute approximate surface area is 126 Å². The molecule has 0 aliphatic carbocycles. The largest absolute Gasteiger partial charge is 0.389 e. The van der Waals surface area contributed by atoms with Crippen LogP contribution in [0.15, 0.2) is 42.5 Å². The van der Waals surface area contributed by atoms with Gasteiger partial charge < -0.3 is 11.1 Å². The van der Waals surface area contributed by atoms with Crippen molar-refractivity contribution in [2.24, 2.45) is 5.73 Å². The van der Waals surface area contributed by atoms with Gasteiger partial charge in [0.1, 0.15) is 4.99 Å². The number of nitrogens with one attached hydrogen (secondary N) is 1. The zero-order chi connectivity index (χ0) is 14.7. The lowest BCUT2D eigenvalue weighted by Crippen LogP contribution is -2.15. The fourth-order valence-electron chi connectivity index (χ4n) is 2.37. The summed E-state index contributed by atoms with van der Waals surface area (Å²) in [6.07, 6.45) is 0. The highest BCUT2D eigenvalue weighted by Gasteiger charge is 2.11. The quantitative estimate of drug-likeness (QED) is 0.830. The predicted molar refractivity (Wildman–Crippen MR) is 90.3 cm³/mol. The Morgan fingerprint density at radius 3 is 2.50 bits per heavy atom. The number of anilines is 1. The molecule has 0 aliphatic heterocycles. The zero-order valence-electron chi connectivity index (χ0n) is 12.1. The van der Waals surface area contributed by atoms with Crippen molar-refractivity contribution in [3.63, 3.8) is 0 Å². The van der Waals surface area contributed by atoms with Crippen molar-refractivity contribution in [3.05, 3.63) is 64.7 Å². The fourth-order valence-corrected chi connectivity index (χ4v) is 2.54. The molecule has 1 unspecified atom stereocenters. The minimum Gasteiger partial charge on any atom is -0.389 e. The summed E-state index contributed by atoms with van der Waals surface area (Å²) in [4.78, 5) is 0.424. The van der Waals surface area contributed by atoms with Crippen LogP contribution in [-0.2, 0) is 0 Å². The number of benzene rings is 2. The molecule has 0 saturated heterocycles. The number of hydrogen-bond acceptors (Lipinski definition) is 2. The van der Waals surface area contributed by atoms with Crippen LogP contribution in [0.2, 0.25) is 0 Å². The molecule has 0 amide bonds. The lowest BCUT2D eigenvalue weighted by atomic mass is 10.0. The molecule has 0 spiro atoms. The van der Waals surface area contributed by atoms with Gasteiger partial charge >= 0.3 is 0 Å². The van der Waals surface area contributed by atoms with Crippen LogP contribution in [0.25, 0.3) is 0 Å². The lowest BCUT2D eigenvalue weighted by molar-refractivity contribution is 0.873. The maximum Gasteiger partial charge on any atom is 0.106 e. The Kier molecular flexibility index (Phi) is 4.40. The van der Waals surface area contributed by atoms with E-state index in [1.165, 1.54) is 11.1 Å². The Hall–Kier alpha value is -1.87. The predicted octanol–water partition coefficient (Wildman–Crippen LogP) is 4.11. The number of rotatable bonds is 4. The van der Waals surface area contributed by atoms with Gasteiger partial charge in [-0.3, -0.25) is 0 Å². The summed E-state index contributed by atoms with van der Waals surface area (Å²) >= 11 is 5.14. The molecule has 3 heteroatoms. The van der Waals surface area contributed by atoms with Gasteiger partial charge in [0.15, 0.2) is 0 Å². The van der Waals surface area contributed by atoms with Gasteiger partial charge in [-0.1, -0.05) is 48.1 Å². The van der Waals surface area contributed by atoms with E-state index in [4.69, 9.17) is 18.0 Å². The molecular weight excluding hydrogens is 264 g/mol. The Morgan fingerprint density at radius 1 is 1.15 bits per heavy atom. The van der Waals surface area contributed by atoms with Crippen molar-refractivity contribution in [1.29, 1.82) is 0 Å². The van der Waals surface area contributed by atoms with Gasteiger partial charge in [-0.25, -0.2) is 0 Å². The third-order valence-corrected chi connectivity index (χ3v) is 3.69. The van der Waals surface area contributed by atoms with Gasteiger partial charge in [-0.05, 0) is 44.0 Å². The summed E-state index contributed by atoms with van der Waals surface area (Å²) < 4.78 is 0.